The molecule has 0 saturated carbocycles. The zero-order chi connectivity index (χ0) is 21.4. The van der Waals surface area contributed by atoms with Gasteiger partial charge in [0.2, 0.25) is 0 Å². The number of methoxy groups -OCH3 is 1. The summed E-state index contributed by atoms with van der Waals surface area (Å²) in [4.78, 5) is 10.7. The Morgan fingerprint density at radius 2 is 1.72 bits per heavy atom. The Bertz CT molecular complexity index is 797. The lowest BCUT2D eigenvalue weighted by atomic mass is 9.93. The van der Waals surface area contributed by atoms with E-state index in [-0.39, 0.29) is 24.2 Å². The number of carbonyl (C=O) groups is 1. The Morgan fingerprint density at radius 1 is 1.10 bits per heavy atom. The molecule has 2 unspecified atom stereocenters. The summed E-state index contributed by atoms with van der Waals surface area (Å²) in [5.74, 6) is -1.34. The lowest BCUT2D eigenvalue weighted by Gasteiger charge is -2.21. The minimum Gasteiger partial charge on any atom is -0.496 e. The first-order chi connectivity index (χ1) is 13.7. The van der Waals surface area contributed by atoms with Gasteiger partial charge in [0.1, 0.15) is 11.8 Å². The van der Waals surface area contributed by atoms with Crippen LogP contribution in [0.2, 0.25) is 0 Å². The number of aliphatic carboxylic acids is 1. The predicted octanol–water partition coefficient (Wildman–Crippen LogP) is 4.93. The quantitative estimate of drug-likeness (QED) is 0.526. The van der Waals surface area contributed by atoms with Crippen LogP contribution in [0.4, 0.5) is 13.2 Å². The summed E-state index contributed by atoms with van der Waals surface area (Å²) in [6.45, 7) is 0. The highest BCUT2D eigenvalue weighted by Crippen LogP contribution is 2.39. The van der Waals surface area contributed by atoms with Gasteiger partial charge in [0.15, 0.2) is 0 Å². The zero-order valence-electron chi connectivity index (χ0n) is 16.0. The number of ether oxygens (including phenoxy) is 1. The van der Waals surface area contributed by atoms with Crippen LogP contribution in [0, 0.1) is 0 Å². The molecule has 4 nitrogen and oxygen atoms in total. The van der Waals surface area contributed by atoms with Crippen LogP contribution in [-0.4, -0.2) is 41.9 Å². The van der Waals surface area contributed by atoms with Gasteiger partial charge in [-0.2, -0.15) is 24.9 Å². The lowest BCUT2D eigenvalue weighted by Crippen LogP contribution is -2.30. The number of hydrogen-bond acceptors (Lipinski definition) is 4. The van der Waals surface area contributed by atoms with Crippen molar-refractivity contribution in [3.8, 4) is 16.9 Å². The molecule has 0 bridgehead atoms. The molecule has 0 amide bonds. The van der Waals surface area contributed by atoms with E-state index < -0.39 is 24.1 Å². The first kappa shape index (κ1) is 23.1. The van der Waals surface area contributed by atoms with Gasteiger partial charge < -0.3 is 15.6 Å². The molecule has 2 aromatic carbocycles. The van der Waals surface area contributed by atoms with Crippen molar-refractivity contribution in [1.82, 2.24) is 0 Å². The fourth-order valence-electron chi connectivity index (χ4n) is 2.93. The van der Waals surface area contributed by atoms with Gasteiger partial charge in [-0.1, -0.05) is 42.5 Å². The van der Waals surface area contributed by atoms with Crippen molar-refractivity contribution in [2.75, 3.05) is 18.6 Å². The average molecular weight is 427 g/mol. The van der Waals surface area contributed by atoms with Crippen LogP contribution < -0.4 is 10.5 Å². The molecule has 2 atom stereocenters. The van der Waals surface area contributed by atoms with Crippen LogP contribution in [0.1, 0.15) is 24.3 Å². The monoisotopic (exact) mass is 427 g/mol. The van der Waals surface area contributed by atoms with E-state index >= 15 is 0 Å². The third kappa shape index (κ3) is 6.68. The van der Waals surface area contributed by atoms with E-state index in [0.717, 1.165) is 11.1 Å². The van der Waals surface area contributed by atoms with Crippen LogP contribution in [0.3, 0.4) is 0 Å². The van der Waals surface area contributed by atoms with Gasteiger partial charge in [-0.05, 0) is 41.5 Å². The van der Waals surface area contributed by atoms with Gasteiger partial charge in [-0.15, -0.1) is 0 Å². The zero-order valence-corrected chi connectivity index (χ0v) is 16.8. The number of thioether (sulfide) groups is 1. The minimum atomic E-state index is -4.36. The smallest absolute Gasteiger partial charge is 0.395 e. The number of rotatable bonds is 10. The largest absolute Gasteiger partial charge is 0.496 e. The SMILES string of the molecule is COc1ccccc1-c1ccc(C(CCSCCC(N)C(=O)O)C(F)(F)F)cc1. The molecule has 0 aliphatic heterocycles. The number of halogens is 3. The van der Waals surface area contributed by atoms with E-state index in [1.807, 2.05) is 18.2 Å². The Balaban J connectivity index is 2.04. The molecule has 0 heterocycles. The number of carboxylic acid groups (broad SMARTS) is 1. The Hall–Kier alpha value is -2.19. The summed E-state index contributed by atoms with van der Waals surface area (Å²) in [6.07, 6.45) is -4.21. The number of alkyl halides is 3. The molecule has 0 aliphatic carbocycles. The summed E-state index contributed by atoms with van der Waals surface area (Å²) in [6, 6.07) is 12.7. The van der Waals surface area contributed by atoms with E-state index in [2.05, 4.69) is 0 Å². The van der Waals surface area contributed by atoms with E-state index in [0.29, 0.717) is 11.5 Å². The lowest BCUT2D eigenvalue weighted by molar-refractivity contribution is -0.150. The fourth-order valence-corrected chi connectivity index (χ4v) is 3.96. The maximum Gasteiger partial charge on any atom is 0.395 e. The van der Waals surface area contributed by atoms with Crippen molar-refractivity contribution in [1.29, 1.82) is 0 Å². The summed E-state index contributed by atoms with van der Waals surface area (Å²) in [5, 5.41) is 8.73. The van der Waals surface area contributed by atoms with E-state index in [4.69, 9.17) is 15.6 Å². The van der Waals surface area contributed by atoms with Crippen molar-refractivity contribution in [3.63, 3.8) is 0 Å². The Labute approximate surface area is 172 Å². The highest BCUT2D eigenvalue weighted by molar-refractivity contribution is 7.99. The summed E-state index contributed by atoms with van der Waals surface area (Å²) in [7, 11) is 1.55. The van der Waals surface area contributed by atoms with Crippen molar-refractivity contribution in [3.05, 3.63) is 54.1 Å². The Kier molecular flexibility index (Phi) is 8.40. The highest BCUT2D eigenvalue weighted by atomic mass is 32.2. The van der Waals surface area contributed by atoms with Crippen molar-refractivity contribution in [2.45, 2.75) is 31.0 Å². The molecule has 29 heavy (non-hydrogen) atoms. The summed E-state index contributed by atoms with van der Waals surface area (Å²) >= 11 is 1.28. The van der Waals surface area contributed by atoms with Crippen LogP contribution >= 0.6 is 11.8 Å². The molecule has 2 aromatic rings. The van der Waals surface area contributed by atoms with Gasteiger partial charge >= 0.3 is 12.1 Å². The second-order valence-electron chi connectivity index (χ2n) is 6.55. The first-order valence-corrected chi connectivity index (χ1v) is 10.3. The highest BCUT2D eigenvalue weighted by Gasteiger charge is 2.40. The molecule has 2 rings (SSSR count). The van der Waals surface area contributed by atoms with Crippen molar-refractivity contribution in [2.24, 2.45) is 5.73 Å². The van der Waals surface area contributed by atoms with Crippen molar-refractivity contribution >= 4 is 17.7 Å². The van der Waals surface area contributed by atoms with Gasteiger partial charge in [0, 0.05) is 5.56 Å². The Morgan fingerprint density at radius 3 is 2.31 bits per heavy atom. The standard InChI is InChI=1S/C21H24F3NO3S/c1-28-19-5-3-2-4-16(19)14-6-8-15(9-7-14)17(21(22,23)24)10-12-29-13-11-18(25)20(26)27/h2-9,17-18H,10-13,25H2,1H3,(H,26,27). The van der Waals surface area contributed by atoms with Crippen molar-refractivity contribution < 1.29 is 27.8 Å². The molecule has 0 fully saturated rings. The van der Waals surface area contributed by atoms with Crippen LogP contribution in [-0.2, 0) is 4.79 Å². The van der Waals surface area contributed by atoms with E-state index in [9.17, 15) is 18.0 Å². The molecule has 0 spiro atoms. The summed E-state index contributed by atoms with van der Waals surface area (Å²) in [5.41, 5.74) is 7.20. The third-order valence-electron chi connectivity index (χ3n) is 4.57. The molecule has 3 N–H and O–H groups in total. The van der Waals surface area contributed by atoms with Crippen LogP contribution in [0.25, 0.3) is 11.1 Å². The molecular formula is C21H24F3NO3S. The fraction of sp³-hybridized carbons (Fsp3) is 0.381. The molecule has 8 heteroatoms. The van der Waals surface area contributed by atoms with Crippen LogP contribution in [0.15, 0.2) is 48.5 Å². The van der Waals surface area contributed by atoms with E-state index in [1.54, 1.807) is 25.3 Å². The number of carboxylic acids is 1. The van der Waals surface area contributed by atoms with Gasteiger partial charge in [0.25, 0.3) is 0 Å². The molecule has 158 valence electrons. The molecule has 0 radical (unpaired) electrons. The number of hydrogen-bond donors (Lipinski definition) is 2. The maximum absolute atomic E-state index is 13.6. The number of nitrogens with two attached hydrogens (primary N) is 1. The number of benzene rings is 2. The number of para-hydroxylation sites is 1. The molecule has 0 aromatic heterocycles. The van der Waals surface area contributed by atoms with Gasteiger partial charge in [-0.3, -0.25) is 4.79 Å². The molecule has 0 saturated heterocycles. The summed E-state index contributed by atoms with van der Waals surface area (Å²) < 4.78 is 46.0. The maximum atomic E-state index is 13.6. The predicted molar refractivity (Wildman–Crippen MR) is 109 cm³/mol. The second-order valence-corrected chi connectivity index (χ2v) is 7.78. The average Bonchev–Trinajstić information content (AvgIpc) is 2.69. The van der Waals surface area contributed by atoms with E-state index in [1.165, 1.54) is 23.9 Å². The first-order valence-electron chi connectivity index (χ1n) is 9.10. The second kappa shape index (κ2) is 10.5. The molecular weight excluding hydrogens is 403 g/mol. The normalized spacial score (nSPS) is 13.7. The minimum absolute atomic E-state index is 0.0789. The third-order valence-corrected chi connectivity index (χ3v) is 5.62. The van der Waals surface area contributed by atoms with Crippen LogP contribution in [0.5, 0.6) is 5.75 Å². The molecule has 0 aliphatic rings. The topological polar surface area (TPSA) is 72.5 Å². The van der Waals surface area contributed by atoms with Gasteiger partial charge in [0.05, 0.1) is 13.0 Å². The van der Waals surface area contributed by atoms with Gasteiger partial charge in [-0.25, -0.2) is 0 Å².